The lowest BCUT2D eigenvalue weighted by atomic mass is 9.90. The maximum Gasteiger partial charge on any atom is 0.282 e. The zero-order valence-electron chi connectivity index (χ0n) is 12.9. The fourth-order valence-electron chi connectivity index (χ4n) is 2.79. The number of hydrazine groups is 1. The molecule has 1 aromatic rings. The number of aryl methyl sites for hydroxylation is 1. The maximum absolute atomic E-state index is 12.1. The molecule has 2 aliphatic rings. The Balaban J connectivity index is 1.51. The maximum atomic E-state index is 12.1. The van der Waals surface area contributed by atoms with Crippen LogP contribution < -0.4 is 10.9 Å². The van der Waals surface area contributed by atoms with Gasteiger partial charge in [-0.05, 0) is 36.8 Å². The predicted octanol–water partition coefficient (Wildman–Crippen LogP) is 1.80. The number of hydrogen-bond acceptors (Lipinski definition) is 5. The molecule has 0 radical (unpaired) electrons. The van der Waals surface area contributed by atoms with Gasteiger partial charge in [0, 0.05) is 17.2 Å². The number of rotatable bonds is 3. The average Bonchev–Trinajstić information content (AvgIpc) is 3.11. The molecule has 0 bridgehead atoms. The smallest absolute Gasteiger partial charge is 0.282 e. The first-order valence-corrected chi connectivity index (χ1v) is 9.45. The van der Waals surface area contributed by atoms with Gasteiger partial charge in [0.15, 0.2) is 0 Å². The highest BCUT2D eigenvalue weighted by Gasteiger charge is 2.24. The van der Waals surface area contributed by atoms with Crippen molar-refractivity contribution < 1.29 is 14.4 Å². The van der Waals surface area contributed by atoms with Crippen molar-refractivity contribution in [3.05, 3.63) is 21.4 Å². The van der Waals surface area contributed by atoms with Crippen LogP contribution in [0.15, 0.2) is 6.07 Å². The third kappa shape index (κ3) is 3.87. The number of carbonyl (C=O) groups excluding carboxylic acids is 3. The minimum Gasteiger partial charge on any atom is -0.323 e. The highest BCUT2D eigenvalue weighted by Crippen LogP contribution is 2.32. The van der Waals surface area contributed by atoms with Crippen molar-refractivity contribution in [2.24, 2.45) is 5.92 Å². The first-order chi connectivity index (χ1) is 11.0. The SMILES string of the molecule is C[C@H]1CCc2sc(C(=O)NNC(=O)CN3CCSC3=O)cc2C1. The van der Waals surface area contributed by atoms with E-state index in [1.807, 2.05) is 6.07 Å². The summed E-state index contributed by atoms with van der Waals surface area (Å²) in [4.78, 5) is 38.7. The number of fused-ring (bicyclic) bond motifs is 1. The number of hydrogen-bond donors (Lipinski definition) is 2. The van der Waals surface area contributed by atoms with Crippen molar-refractivity contribution >= 4 is 40.2 Å². The molecule has 23 heavy (non-hydrogen) atoms. The van der Waals surface area contributed by atoms with Crippen molar-refractivity contribution in [2.45, 2.75) is 26.2 Å². The summed E-state index contributed by atoms with van der Waals surface area (Å²) >= 11 is 2.70. The van der Waals surface area contributed by atoms with Gasteiger partial charge in [-0.2, -0.15) is 0 Å². The molecule has 0 saturated carbocycles. The van der Waals surface area contributed by atoms with E-state index < -0.39 is 0 Å². The van der Waals surface area contributed by atoms with E-state index in [1.165, 1.54) is 38.4 Å². The number of thiophene rings is 1. The first kappa shape index (κ1) is 16.3. The molecule has 8 heteroatoms. The van der Waals surface area contributed by atoms with Gasteiger partial charge < -0.3 is 4.90 Å². The molecule has 1 aliphatic carbocycles. The molecule has 0 aromatic carbocycles. The lowest BCUT2D eigenvalue weighted by molar-refractivity contribution is -0.122. The second-order valence-corrected chi connectivity index (χ2v) is 8.13. The van der Waals surface area contributed by atoms with Crippen LogP contribution in [-0.2, 0) is 17.6 Å². The summed E-state index contributed by atoms with van der Waals surface area (Å²) < 4.78 is 0. The molecule has 3 amide bonds. The number of thioether (sulfide) groups is 1. The molecule has 2 N–H and O–H groups in total. The molecule has 1 aliphatic heterocycles. The first-order valence-electron chi connectivity index (χ1n) is 7.65. The van der Waals surface area contributed by atoms with Gasteiger partial charge in [-0.1, -0.05) is 18.7 Å². The summed E-state index contributed by atoms with van der Waals surface area (Å²) in [7, 11) is 0. The molecule has 124 valence electrons. The highest BCUT2D eigenvalue weighted by atomic mass is 32.2. The van der Waals surface area contributed by atoms with Gasteiger partial charge in [-0.25, -0.2) is 0 Å². The topological polar surface area (TPSA) is 78.5 Å². The summed E-state index contributed by atoms with van der Waals surface area (Å²) in [6.07, 6.45) is 3.20. The third-order valence-electron chi connectivity index (χ3n) is 4.05. The van der Waals surface area contributed by atoms with Crippen LogP contribution in [0.2, 0.25) is 0 Å². The Bertz CT molecular complexity index is 644. The quantitative estimate of drug-likeness (QED) is 0.812. The minimum absolute atomic E-state index is 0.0232. The molecule has 6 nitrogen and oxygen atoms in total. The summed E-state index contributed by atoms with van der Waals surface area (Å²) in [6.45, 7) is 2.77. The third-order valence-corrected chi connectivity index (χ3v) is 6.18. The van der Waals surface area contributed by atoms with Crippen LogP contribution in [-0.4, -0.2) is 40.8 Å². The van der Waals surface area contributed by atoms with Gasteiger partial charge >= 0.3 is 0 Å². The summed E-state index contributed by atoms with van der Waals surface area (Å²) in [5.74, 6) is 0.678. The molecule has 1 saturated heterocycles. The number of carbonyl (C=O) groups is 3. The molecular weight excluding hydrogens is 334 g/mol. The number of amides is 3. The molecule has 1 fully saturated rings. The van der Waals surface area contributed by atoms with Gasteiger partial charge in [0.05, 0.1) is 4.88 Å². The van der Waals surface area contributed by atoms with E-state index in [9.17, 15) is 14.4 Å². The van der Waals surface area contributed by atoms with Crippen molar-refractivity contribution in [1.29, 1.82) is 0 Å². The largest absolute Gasteiger partial charge is 0.323 e. The molecular formula is C15H19N3O3S2. The Kier molecular flexibility index (Phi) is 4.91. The average molecular weight is 353 g/mol. The highest BCUT2D eigenvalue weighted by molar-refractivity contribution is 8.13. The second-order valence-electron chi connectivity index (χ2n) is 5.95. The fourth-order valence-corrected chi connectivity index (χ4v) is 4.72. The Morgan fingerprint density at radius 2 is 2.22 bits per heavy atom. The van der Waals surface area contributed by atoms with Gasteiger partial charge in [0.1, 0.15) is 6.54 Å². The molecule has 3 rings (SSSR count). The normalized spacial score (nSPS) is 20.3. The van der Waals surface area contributed by atoms with Crippen LogP contribution in [0.3, 0.4) is 0 Å². The van der Waals surface area contributed by atoms with Crippen LogP contribution in [0.1, 0.15) is 33.5 Å². The van der Waals surface area contributed by atoms with Crippen molar-refractivity contribution in [2.75, 3.05) is 18.8 Å². The predicted molar refractivity (Wildman–Crippen MR) is 90.5 cm³/mol. The Morgan fingerprint density at radius 3 is 2.96 bits per heavy atom. The Labute approximate surface area is 143 Å². The standard InChI is InChI=1S/C15H19N3O3S2/c1-9-2-3-11-10(6-9)7-12(23-11)14(20)17-16-13(19)8-18-4-5-22-15(18)21/h7,9H,2-6,8H2,1H3,(H,16,19)(H,17,20)/t9-/m0/s1. The van der Waals surface area contributed by atoms with E-state index in [4.69, 9.17) is 0 Å². The van der Waals surface area contributed by atoms with Crippen molar-refractivity contribution in [3.8, 4) is 0 Å². The molecule has 1 aromatic heterocycles. The van der Waals surface area contributed by atoms with Gasteiger partial charge in [0.2, 0.25) is 0 Å². The summed E-state index contributed by atoms with van der Waals surface area (Å²) in [5, 5.41) is -0.0912. The molecule has 1 atom stereocenters. The van der Waals surface area contributed by atoms with E-state index in [0.717, 1.165) is 19.3 Å². The van der Waals surface area contributed by atoms with Crippen LogP contribution >= 0.6 is 23.1 Å². The van der Waals surface area contributed by atoms with Crippen LogP contribution in [0.5, 0.6) is 0 Å². The van der Waals surface area contributed by atoms with Crippen molar-refractivity contribution in [3.63, 3.8) is 0 Å². The zero-order valence-corrected chi connectivity index (χ0v) is 14.5. The monoisotopic (exact) mass is 353 g/mol. The van der Waals surface area contributed by atoms with Crippen LogP contribution in [0.25, 0.3) is 0 Å². The van der Waals surface area contributed by atoms with E-state index in [2.05, 4.69) is 17.8 Å². The Morgan fingerprint density at radius 1 is 1.39 bits per heavy atom. The fraction of sp³-hybridized carbons (Fsp3) is 0.533. The number of nitrogens with one attached hydrogen (secondary N) is 2. The molecule has 2 heterocycles. The summed E-state index contributed by atoms with van der Waals surface area (Å²) in [6, 6.07) is 1.93. The molecule has 0 spiro atoms. The lowest BCUT2D eigenvalue weighted by Crippen LogP contribution is -2.46. The minimum atomic E-state index is -0.385. The van der Waals surface area contributed by atoms with Gasteiger partial charge in [-0.3, -0.25) is 25.2 Å². The van der Waals surface area contributed by atoms with E-state index in [-0.39, 0.29) is 23.6 Å². The van der Waals surface area contributed by atoms with E-state index >= 15 is 0 Å². The van der Waals surface area contributed by atoms with Gasteiger partial charge in [0.25, 0.3) is 17.1 Å². The molecule has 0 unspecified atom stereocenters. The zero-order chi connectivity index (χ0) is 16.4. The Hall–Kier alpha value is -1.54. The van der Waals surface area contributed by atoms with Crippen molar-refractivity contribution in [1.82, 2.24) is 15.8 Å². The van der Waals surface area contributed by atoms with E-state index in [0.29, 0.717) is 23.1 Å². The second kappa shape index (κ2) is 6.92. The number of nitrogens with zero attached hydrogens (tertiary/aromatic N) is 1. The van der Waals surface area contributed by atoms with Gasteiger partial charge in [-0.15, -0.1) is 11.3 Å². The van der Waals surface area contributed by atoms with Crippen LogP contribution in [0, 0.1) is 5.92 Å². The van der Waals surface area contributed by atoms with Crippen LogP contribution in [0.4, 0.5) is 4.79 Å². The van der Waals surface area contributed by atoms with E-state index in [1.54, 1.807) is 0 Å². The lowest BCUT2D eigenvalue weighted by Gasteiger charge is -2.16. The summed E-state index contributed by atoms with van der Waals surface area (Å²) in [5.41, 5.74) is 6.07.